The Morgan fingerprint density at radius 1 is 0.327 bits per heavy atom. The van der Waals surface area contributed by atoms with Crippen LogP contribution in [0.5, 0.6) is 0 Å². The van der Waals surface area contributed by atoms with Crippen molar-refractivity contribution in [2.24, 2.45) is 5.92 Å². The molecule has 1 aliphatic carbocycles. The molecule has 0 aliphatic heterocycles. The number of benzene rings is 3. The maximum atomic E-state index is 2.86. The largest absolute Gasteiger partial charge is 0.177 e. The van der Waals surface area contributed by atoms with Gasteiger partial charge in [0.2, 0.25) is 0 Å². The van der Waals surface area contributed by atoms with Crippen molar-refractivity contribution in [1.82, 2.24) is 0 Å². The van der Waals surface area contributed by atoms with E-state index in [-0.39, 0.29) is 0 Å². The molecule has 55 heavy (non-hydrogen) atoms. The topological polar surface area (TPSA) is 0 Å². The summed E-state index contributed by atoms with van der Waals surface area (Å²) in [6.45, 7) is 64.6. The molecule has 1 aliphatic rings. The summed E-state index contributed by atoms with van der Waals surface area (Å²) in [4.78, 5) is 0. The Bertz CT molecular complexity index is 1870. The van der Waals surface area contributed by atoms with Crippen LogP contribution < -0.4 is 46.7 Å². The van der Waals surface area contributed by atoms with E-state index in [1.807, 2.05) is 0 Å². The molecule has 1 atom stereocenters. The predicted molar refractivity (Wildman–Crippen MR) is 276 cm³/mol. The fourth-order valence-corrected chi connectivity index (χ4v) is 26.6. The third-order valence-electron chi connectivity index (χ3n) is 13.5. The second-order valence-electron chi connectivity index (χ2n) is 23.9. The molecule has 0 N–H and O–H groups in total. The maximum absolute atomic E-state index is 3.02. The summed E-state index contributed by atoms with van der Waals surface area (Å²) in [6, 6.07) is 16.7. The van der Waals surface area contributed by atoms with Gasteiger partial charge in [-0.2, -0.15) is 0 Å². The van der Waals surface area contributed by atoms with E-state index < -0.39 is 56.5 Å². The average molecular weight is 856 g/mol. The minimum Gasteiger partial charge on any atom is -0.0656 e. The van der Waals surface area contributed by atoms with Gasteiger partial charge in [-0.3, -0.25) is 0 Å². The van der Waals surface area contributed by atoms with Crippen molar-refractivity contribution in [3.8, 4) is 0 Å². The van der Waals surface area contributed by atoms with Gasteiger partial charge in [0.25, 0.3) is 0 Å². The lowest BCUT2D eigenvalue weighted by Gasteiger charge is -2.45. The molecule has 3 aromatic rings. The van der Waals surface area contributed by atoms with E-state index in [2.05, 4.69) is 203 Å². The van der Waals surface area contributed by atoms with Gasteiger partial charge < -0.3 is 0 Å². The Labute approximate surface area is 348 Å². The van der Waals surface area contributed by atoms with E-state index in [1.165, 1.54) is 5.57 Å². The fraction of sp³-hybridized carbons (Fsp3) is 0.542. The number of allylic oxidation sites excluding steroid dienone is 4. The van der Waals surface area contributed by atoms with Crippen LogP contribution in [-0.2, 0) is 0 Å². The molecule has 0 fully saturated rings. The van der Waals surface area contributed by atoms with Gasteiger partial charge in [-0.25, -0.2) is 0 Å². The lowest BCUT2D eigenvalue weighted by atomic mass is 10.1. The van der Waals surface area contributed by atoms with Crippen molar-refractivity contribution in [1.29, 1.82) is 0 Å². The molecule has 4 rings (SSSR count). The molecule has 302 valence electrons. The second kappa shape index (κ2) is 14.7. The first kappa shape index (κ1) is 46.3. The van der Waals surface area contributed by atoms with Crippen LogP contribution in [0.2, 0.25) is 118 Å². The standard InChI is InChI=1S/C48H82Si7/c1-32-33(2)35(4)48(34(32)3)55(45-29-39(49(8,9)10)26-42(36(45)5)52(17,18)19,46-30-40(50(11,12)13)27-43(37(46)6)53(20,21)22)47-31-41(51(14,15)16)28-44(38(47)7)54(23,24)25/h26-31,34H,1-25H3. The fourth-order valence-electron chi connectivity index (χ4n) is 9.79. The van der Waals surface area contributed by atoms with Gasteiger partial charge in [-0.05, 0) is 68.6 Å². The van der Waals surface area contributed by atoms with Crippen LogP contribution in [0.15, 0.2) is 58.3 Å². The summed E-state index contributed by atoms with van der Waals surface area (Å²) in [7, 11) is -13.4. The monoisotopic (exact) mass is 854 g/mol. The van der Waals surface area contributed by atoms with E-state index in [1.54, 1.807) is 79.7 Å². The summed E-state index contributed by atoms with van der Waals surface area (Å²) < 4.78 is 0. The smallest absolute Gasteiger partial charge is 0.0656 e. The maximum Gasteiger partial charge on any atom is 0.177 e. The van der Waals surface area contributed by atoms with Crippen LogP contribution in [0.4, 0.5) is 0 Å². The average Bonchev–Trinajstić information content (AvgIpc) is 3.18. The first-order chi connectivity index (χ1) is 24.5. The lowest BCUT2D eigenvalue weighted by Crippen LogP contribution is -2.75. The predicted octanol–water partition coefficient (Wildman–Crippen LogP) is 9.20. The van der Waals surface area contributed by atoms with Crippen molar-refractivity contribution in [2.45, 2.75) is 166 Å². The molecule has 0 saturated carbocycles. The Hall–Kier alpha value is -1.34. The molecule has 1 unspecified atom stereocenters. The third-order valence-corrected chi connectivity index (χ3v) is 31.6. The van der Waals surface area contributed by atoms with Crippen molar-refractivity contribution >= 4 is 103 Å². The molecule has 0 radical (unpaired) electrons. The summed E-state index contributed by atoms with van der Waals surface area (Å²) in [5.74, 6) is 0.396. The molecule has 0 aromatic heterocycles. The van der Waals surface area contributed by atoms with Crippen LogP contribution in [0.1, 0.15) is 44.4 Å². The molecular formula is C48H82Si7. The molecule has 0 saturated heterocycles. The number of hydrogen-bond donors (Lipinski definition) is 0. The quantitative estimate of drug-likeness (QED) is 0.141. The minimum absolute atomic E-state index is 0.396. The SMILES string of the molecule is CC1=C(C)C(C)C([Si](c2cc([Si](C)(C)C)cc([Si](C)(C)C)c2C)(c2cc([Si](C)(C)C)cc([Si](C)(C)C)c2C)c2cc([Si](C)(C)C)cc([Si](C)(C)C)c2C)=C1C. The van der Waals surface area contributed by atoms with Crippen LogP contribution in [0.25, 0.3) is 0 Å². The first-order valence-electron chi connectivity index (χ1n) is 21.4. The van der Waals surface area contributed by atoms with Gasteiger partial charge in [0.05, 0.1) is 48.4 Å². The summed E-state index contributed by atoms with van der Waals surface area (Å²) >= 11 is 0. The molecule has 3 aromatic carbocycles. The van der Waals surface area contributed by atoms with E-state index in [0.717, 1.165) is 0 Å². The van der Waals surface area contributed by atoms with E-state index in [9.17, 15) is 0 Å². The number of rotatable bonds is 10. The highest BCUT2D eigenvalue weighted by Crippen LogP contribution is 2.42. The van der Waals surface area contributed by atoms with Gasteiger partial charge >= 0.3 is 0 Å². The summed E-state index contributed by atoms with van der Waals surface area (Å²) in [6.07, 6.45) is 0. The lowest BCUT2D eigenvalue weighted by molar-refractivity contribution is 0.851. The van der Waals surface area contributed by atoms with Crippen molar-refractivity contribution in [3.63, 3.8) is 0 Å². The molecule has 0 spiro atoms. The Morgan fingerprint density at radius 3 is 0.745 bits per heavy atom. The molecule has 0 heterocycles. The highest BCUT2D eigenvalue weighted by molar-refractivity contribution is 7.18. The summed E-state index contributed by atoms with van der Waals surface area (Å²) in [5, 5.41) is 17.0. The van der Waals surface area contributed by atoms with Crippen LogP contribution >= 0.6 is 0 Å². The van der Waals surface area contributed by atoms with Gasteiger partial charge in [0.15, 0.2) is 8.07 Å². The molecule has 0 amide bonds. The number of hydrogen-bond acceptors (Lipinski definition) is 0. The highest BCUT2D eigenvalue weighted by atomic mass is 28.3. The third kappa shape index (κ3) is 8.42. The van der Waals surface area contributed by atoms with E-state index in [0.29, 0.717) is 5.92 Å². The second-order valence-corrected chi connectivity index (χ2v) is 57.9. The normalized spacial score (nSPS) is 16.9. The van der Waals surface area contributed by atoms with Gasteiger partial charge in [-0.15, -0.1) is 0 Å². The molecule has 7 heteroatoms. The van der Waals surface area contributed by atoms with Crippen molar-refractivity contribution < 1.29 is 0 Å². The van der Waals surface area contributed by atoms with Crippen molar-refractivity contribution in [3.05, 3.63) is 75.0 Å². The minimum atomic E-state index is -3.02. The molecular weight excluding hydrogens is 773 g/mol. The highest BCUT2D eigenvalue weighted by Gasteiger charge is 2.52. The van der Waals surface area contributed by atoms with Gasteiger partial charge in [-0.1, -0.05) is 225 Å². The van der Waals surface area contributed by atoms with Crippen LogP contribution in [-0.4, -0.2) is 56.5 Å². The molecule has 0 bridgehead atoms. The Balaban J connectivity index is 2.67. The van der Waals surface area contributed by atoms with E-state index >= 15 is 0 Å². The first-order valence-corrected chi connectivity index (χ1v) is 44.4. The van der Waals surface area contributed by atoms with Crippen LogP contribution in [0.3, 0.4) is 0 Å². The zero-order chi connectivity index (χ0) is 42.6. The molecule has 0 nitrogen and oxygen atoms in total. The Morgan fingerprint density at radius 2 is 0.564 bits per heavy atom. The van der Waals surface area contributed by atoms with Crippen LogP contribution in [0, 0.1) is 26.7 Å². The summed E-state index contributed by atoms with van der Waals surface area (Å²) in [5.41, 5.74) is 9.55. The Kier molecular flexibility index (Phi) is 12.4. The van der Waals surface area contributed by atoms with Gasteiger partial charge in [0.1, 0.15) is 0 Å². The van der Waals surface area contributed by atoms with Crippen molar-refractivity contribution in [2.75, 3.05) is 0 Å². The zero-order valence-electron chi connectivity index (χ0n) is 40.5. The van der Waals surface area contributed by atoms with E-state index in [4.69, 9.17) is 0 Å². The van der Waals surface area contributed by atoms with Gasteiger partial charge in [0, 0.05) is 0 Å². The zero-order valence-corrected chi connectivity index (χ0v) is 47.5.